The third kappa shape index (κ3) is 2.95. The van der Waals surface area contributed by atoms with Gasteiger partial charge in [-0.15, -0.1) is 0 Å². The standard InChI is InChI=1S/C9H18O3S/c1-7(10)8-4-3-5-9(6-8)13(2,11)12/h7-10H,3-6H2,1-2H3. The molecule has 4 heteroatoms. The second kappa shape index (κ2) is 3.96. The molecule has 1 aliphatic rings. The monoisotopic (exact) mass is 206 g/mol. The number of hydrogen-bond donors (Lipinski definition) is 1. The van der Waals surface area contributed by atoms with E-state index >= 15 is 0 Å². The van der Waals surface area contributed by atoms with Gasteiger partial charge in [-0.25, -0.2) is 8.42 Å². The van der Waals surface area contributed by atoms with Crippen LogP contribution in [0.4, 0.5) is 0 Å². The van der Waals surface area contributed by atoms with Gasteiger partial charge in [0.1, 0.15) is 9.84 Å². The van der Waals surface area contributed by atoms with Crippen LogP contribution in [-0.2, 0) is 9.84 Å². The predicted octanol–water partition coefficient (Wildman–Crippen LogP) is 0.971. The summed E-state index contributed by atoms with van der Waals surface area (Å²) in [7, 11) is -2.90. The van der Waals surface area contributed by atoms with Crippen molar-refractivity contribution in [2.24, 2.45) is 5.92 Å². The number of rotatable bonds is 2. The molecule has 0 saturated heterocycles. The van der Waals surface area contributed by atoms with Crippen molar-refractivity contribution >= 4 is 9.84 Å². The lowest BCUT2D eigenvalue weighted by atomic mass is 9.85. The zero-order valence-electron chi connectivity index (χ0n) is 8.23. The highest BCUT2D eigenvalue weighted by Crippen LogP contribution is 2.30. The lowest BCUT2D eigenvalue weighted by Gasteiger charge is -2.29. The molecule has 1 fully saturated rings. The summed E-state index contributed by atoms with van der Waals surface area (Å²) in [6.07, 6.45) is 4.21. The molecule has 3 nitrogen and oxygen atoms in total. The quantitative estimate of drug-likeness (QED) is 0.732. The summed E-state index contributed by atoms with van der Waals surface area (Å²) in [6.45, 7) is 1.75. The van der Waals surface area contributed by atoms with Crippen LogP contribution >= 0.6 is 0 Å². The molecule has 0 radical (unpaired) electrons. The Morgan fingerprint density at radius 2 is 2.00 bits per heavy atom. The summed E-state index contributed by atoms with van der Waals surface area (Å²) in [5, 5.41) is 9.14. The van der Waals surface area contributed by atoms with Crippen molar-refractivity contribution in [3.05, 3.63) is 0 Å². The molecule has 78 valence electrons. The van der Waals surface area contributed by atoms with Gasteiger partial charge in [-0.3, -0.25) is 0 Å². The van der Waals surface area contributed by atoms with E-state index in [4.69, 9.17) is 0 Å². The van der Waals surface area contributed by atoms with E-state index < -0.39 is 9.84 Å². The highest BCUT2D eigenvalue weighted by atomic mass is 32.2. The van der Waals surface area contributed by atoms with Gasteiger partial charge >= 0.3 is 0 Å². The molecule has 0 aromatic carbocycles. The maximum atomic E-state index is 11.3. The van der Waals surface area contributed by atoms with Crippen molar-refractivity contribution in [2.75, 3.05) is 6.26 Å². The van der Waals surface area contributed by atoms with Crippen molar-refractivity contribution in [1.82, 2.24) is 0 Å². The van der Waals surface area contributed by atoms with Crippen molar-refractivity contribution in [1.29, 1.82) is 0 Å². The molecule has 3 atom stereocenters. The molecule has 1 rings (SSSR count). The average Bonchev–Trinajstić information content (AvgIpc) is 2.03. The summed E-state index contributed by atoms with van der Waals surface area (Å²) in [4.78, 5) is 0. The first kappa shape index (κ1) is 11.0. The van der Waals surface area contributed by atoms with E-state index in [1.54, 1.807) is 6.92 Å². The molecule has 0 aliphatic heterocycles. The summed E-state index contributed by atoms with van der Waals surface area (Å²) >= 11 is 0. The molecule has 0 heterocycles. The fraction of sp³-hybridized carbons (Fsp3) is 1.00. The van der Waals surface area contributed by atoms with Crippen LogP contribution in [0.1, 0.15) is 32.6 Å². The average molecular weight is 206 g/mol. The maximum absolute atomic E-state index is 11.3. The Labute approximate surface area is 80.1 Å². The van der Waals surface area contributed by atoms with Crippen molar-refractivity contribution in [3.63, 3.8) is 0 Å². The van der Waals surface area contributed by atoms with Crippen molar-refractivity contribution in [3.8, 4) is 0 Å². The third-order valence-corrected chi connectivity index (χ3v) is 4.59. The van der Waals surface area contributed by atoms with E-state index in [1.165, 1.54) is 6.26 Å². The van der Waals surface area contributed by atoms with Crippen LogP contribution in [0.15, 0.2) is 0 Å². The second-order valence-corrected chi connectivity index (χ2v) is 6.44. The SMILES string of the molecule is CC(O)C1CCCC(S(C)(=O)=O)C1. The highest BCUT2D eigenvalue weighted by Gasteiger charge is 2.30. The number of aliphatic hydroxyl groups excluding tert-OH is 1. The van der Waals surface area contributed by atoms with Crippen molar-refractivity contribution < 1.29 is 13.5 Å². The summed E-state index contributed by atoms with van der Waals surface area (Å²) in [6, 6.07) is 0. The van der Waals surface area contributed by atoms with Gasteiger partial charge in [0, 0.05) is 6.26 Å². The molecule has 1 saturated carbocycles. The minimum Gasteiger partial charge on any atom is -0.393 e. The van der Waals surface area contributed by atoms with E-state index in [-0.39, 0.29) is 17.3 Å². The van der Waals surface area contributed by atoms with Gasteiger partial charge in [-0.2, -0.15) is 0 Å². The molecule has 0 bridgehead atoms. The van der Waals surface area contributed by atoms with Crippen molar-refractivity contribution in [2.45, 2.75) is 44.0 Å². The lowest BCUT2D eigenvalue weighted by Crippen LogP contribution is -2.31. The summed E-state index contributed by atoms with van der Waals surface area (Å²) in [5.41, 5.74) is 0. The minimum absolute atomic E-state index is 0.175. The smallest absolute Gasteiger partial charge is 0.150 e. The topological polar surface area (TPSA) is 54.4 Å². The zero-order valence-corrected chi connectivity index (χ0v) is 9.05. The molecule has 13 heavy (non-hydrogen) atoms. The Balaban J connectivity index is 2.62. The van der Waals surface area contributed by atoms with Crippen LogP contribution in [0, 0.1) is 5.92 Å². The molecule has 1 aliphatic carbocycles. The molecule has 0 aromatic heterocycles. The summed E-state index contributed by atoms with van der Waals surface area (Å²) < 4.78 is 22.5. The summed E-state index contributed by atoms with van der Waals surface area (Å²) in [5.74, 6) is 0.175. The van der Waals surface area contributed by atoms with Gasteiger partial charge < -0.3 is 5.11 Å². The van der Waals surface area contributed by atoms with Gasteiger partial charge in [0.05, 0.1) is 11.4 Å². The van der Waals surface area contributed by atoms with Gasteiger partial charge in [0.25, 0.3) is 0 Å². The molecule has 0 amide bonds. The van der Waals surface area contributed by atoms with Gasteiger partial charge in [0.2, 0.25) is 0 Å². The Kier molecular flexibility index (Phi) is 3.35. The third-order valence-electron chi connectivity index (χ3n) is 2.95. The maximum Gasteiger partial charge on any atom is 0.150 e. The Bertz CT molecular complexity index is 256. The van der Waals surface area contributed by atoms with Crippen LogP contribution in [0.3, 0.4) is 0 Å². The fourth-order valence-corrected chi connectivity index (χ4v) is 3.20. The Morgan fingerprint density at radius 3 is 2.46 bits per heavy atom. The van der Waals surface area contributed by atoms with Crippen LogP contribution < -0.4 is 0 Å². The highest BCUT2D eigenvalue weighted by molar-refractivity contribution is 7.91. The molecule has 0 spiro atoms. The van der Waals surface area contributed by atoms with Crippen LogP contribution in [-0.4, -0.2) is 31.1 Å². The first-order valence-corrected chi connectivity index (χ1v) is 6.73. The van der Waals surface area contributed by atoms with Gasteiger partial charge in [-0.05, 0) is 32.1 Å². The normalized spacial score (nSPS) is 32.8. The largest absolute Gasteiger partial charge is 0.393 e. The molecule has 0 aromatic rings. The van der Waals surface area contributed by atoms with E-state index in [0.717, 1.165) is 19.3 Å². The van der Waals surface area contributed by atoms with Gasteiger partial charge in [0.15, 0.2) is 0 Å². The van der Waals surface area contributed by atoms with E-state index in [1.807, 2.05) is 0 Å². The molecule has 1 N–H and O–H groups in total. The zero-order chi connectivity index (χ0) is 10.1. The number of hydrogen-bond acceptors (Lipinski definition) is 3. The first-order chi connectivity index (χ1) is 5.91. The molecule has 3 unspecified atom stereocenters. The molecular formula is C9H18O3S. The number of sulfone groups is 1. The van der Waals surface area contributed by atoms with Crippen LogP contribution in [0.25, 0.3) is 0 Å². The first-order valence-electron chi connectivity index (χ1n) is 4.78. The Hall–Kier alpha value is -0.0900. The van der Waals surface area contributed by atoms with Crippen LogP contribution in [0.5, 0.6) is 0 Å². The minimum atomic E-state index is -2.90. The van der Waals surface area contributed by atoms with E-state index in [0.29, 0.717) is 6.42 Å². The van der Waals surface area contributed by atoms with E-state index in [9.17, 15) is 13.5 Å². The predicted molar refractivity (Wildman–Crippen MR) is 52.3 cm³/mol. The fourth-order valence-electron chi connectivity index (χ4n) is 2.01. The lowest BCUT2D eigenvalue weighted by molar-refractivity contribution is 0.102. The second-order valence-electron chi connectivity index (χ2n) is 4.12. The Morgan fingerprint density at radius 1 is 1.38 bits per heavy atom. The van der Waals surface area contributed by atoms with Crippen LogP contribution in [0.2, 0.25) is 0 Å². The molecular weight excluding hydrogens is 188 g/mol. The van der Waals surface area contributed by atoms with E-state index in [2.05, 4.69) is 0 Å². The number of aliphatic hydroxyl groups is 1. The van der Waals surface area contributed by atoms with Gasteiger partial charge in [-0.1, -0.05) is 6.42 Å².